The monoisotopic (exact) mass is 325 g/mol. The van der Waals surface area contributed by atoms with Gasteiger partial charge in [0.05, 0.1) is 5.92 Å². The summed E-state index contributed by atoms with van der Waals surface area (Å²) in [5.74, 6) is -0.604. The van der Waals surface area contributed by atoms with Gasteiger partial charge in [0.15, 0.2) is 0 Å². The molecule has 0 aromatic heterocycles. The molecule has 0 heterocycles. The number of hydrogen-bond acceptors (Lipinski definition) is 3. The molecule has 1 aliphatic carbocycles. The van der Waals surface area contributed by atoms with Crippen molar-refractivity contribution in [3.05, 3.63) is 65.7 Å². The Bertz CT molecular complexity index is 706. The molecule has 2 aromatic rings. The zero-order valence-corrected chi connectivity index (χ0v) is 13.1. The van der Waals surface area contributed by atoms with E-state index in [0.29, 0.717) is 30.8 Å². The van der Waals surface area contributed by atoms with Crippen molar-refractivity contribution in [2.45, 2.75) is 25.5 Å². The van der Waals surface area contributed by atoms with Crippen molar-refractivity contribution in [2.24, 2.45) is 5.92 Å². The van der Waals surface area contributed by atoms with Crippen molar-refractivity contribution >= 4 is 11.9 Å². The van der Waals surface area contributed by atoms with Gasteiger partial charge in [0.25, 0.3) is 5.91 Å². The number of aliphatic carboxylic acids is 1. The second-order valence-corrected chi connectivity index (χ2v) is 5.98. The summed E-state index contributed by atoms with van der Waals surface area (Å²) >= 11 is 0. The lowest BCUT2D eigenvalue weighted by atomic mass is 9.80. The van der Waals surface area contributed by atoms with Crippen LogP contribution < -0.4 is 10.1 Å². The van der Waals surface area contributed by atoms with E-state index in [1.807, 2.05) is 30.3 Å². The van der Waals surface area contributed by atoms with Crippen LogP contribution in [-0.2, 0) is 11.4 Å². The number of ether oxygens (including phenoxy) is 1. The van der Waals surface area contributed by atoms with Crippen LogP contribution in [0.2, 0.25) is 0 Å². The molecule has 1 saturated carbocycles. The van der Waals surface area contributed by atoms with Crippen LogP contribution >= 0.6 is 0 Å². The molecule has 2 N–H and O–H groups in total. The first-order valence-electron chi connectivity index (χ1n) is 7.92. The fraction of sp³-hybridized carbons (Fsp3) is 0.263. The molecule has 0 radical (unpaired) electrons. The lowest BCUT2D eigenvalue weighted by Crippen LogP contribution is -2.46. The number of carboxylic acid groups (broad SMARTS) is 1. The van der Waals surface area contributed by atoms with Gasteiger partial charge >= 0.3 is 5.97 Å². The first-order valence-corrected chi connectivity index (χ1v) is 7.92. The van der Waals surface area contributed by atoms with Crippen molar-refractivity contribution in [1.82, 2.24) is 5.32 Å². The van der Waals surface area contributed by atoms with Crippen LogP contribution in [0, 0.1) is 5.92 Å². The summed E-state index contributed by atoms with van der Waals surface area (Å²) in [6.07, 6.45) is 0.999. The highest BCUT2D eigenvalue weighted by Gasteiger charge is 2.35. The Morgan fingerprint density at radius 1 is 1.04 bits per heavy atom. The number of benzene rings is 2. The zero-order valence-electron chi connectivity index (χ0n) is 13.1. The average Bonchev–Trinajstić information content (AvgIpc) is 2.56. The first kappa shape index (κ1) is 16.1. The highest BCUT2D eigenvalue weighted by Crippen LogP contribution is 2.27. The topological polar surface area (TPSA) is 75.6 Å². The summed E-state index contributed by atoms with van der Waals surface area (Å²) in [6, 6.07) is 16.8. The van der Waals surface area contributed by atoms with Gasteiger partial charge < -0.3 is 15.2 Å². The van der Waals surface area contributed by atoms with Crippen LogP contribution in [0.25, 0.3) is 0 Å². The van der Waals surface area contributed by atoms with E-state index < -0.39 is 5.97 Å². The lowest BCUT2D eigenvalue weighted by molar-refractivity contribution is -0.145. The van der Waals surface area contributed by atoms with Gasteiger partial charge in [-0.3, -0.25) is 9.59 Å². The minimum atomic E-state index is -0.791. The molecular formula is C19H19NO4. The minimum Gasteiger partial charge on any atom is -0.489 e. The number of carboxylic acids is 1. The maximum Gasteiger partial charge on any atom is 0.306 e. The Morgan fingerprint density at radius 3 is 2.33 bits per heavy atom. The summed E-state index contributed by atoms with van der Waals surface area (Å²) in [5.41, 5.74) is 1.62. The van der Waals surface area contributed by atoms with E-state index >= 15 is 0 Å². The SMILES string of the molecule is O=C(NC1CC(C(=O)O)C1)c1ccc(OCc2ccccc2)cc1. The smallest absolute Gasteiger partial charge is 0.306 e. The van der Waals surface area contributed by atoms with Gasteiger partial charge in [0, 0.05) is 11.6 Å². The van der Waals surface area contributed by atoms with Crippen LogP contribution in [-0.4, -0.2) is 23.0 Å². The van der Waals surface area contributed by atoms with Crippen molar-refractivity contribution in [3.8, 4) is 5.75 Å². The van der Waals surface area contributed by atoms with Crippen molar-refractivity contribution in [2.75, 3.05) is 0 Å². The molecule has 124 valence electrons. The van der Waals surface area contributed by atoms with E-state index in [1.165, 1.54) is 0 Å². The molecule has 0 atom stereocenters. The van der Waals surface area contributed by atoms with Crippen LogP contribution in [0.15, 0.2) is 54.6 Å². The fourth-order valence-corrected chi connectivity index (χ4v) is 2.65. The third kappa shape index (κ3) is 3.93. The number of hydrogen-bond donors (Lipinski definition) is 2. The second kappa shape index (κ2) is 7.17. The van der Waals surface area contributed by atoms with E-state index in [9.17, 15) is 9.59 Å². The van der Waals surface area contributed by atoms with E-state index in [1.54, 1.807) is 24.3 Å². The Hall–Kier alpha value is -2.82. The van der Waals surface area contributed by atoms with E-state index in [2.05, 4.69) is 5.32 Å². The van der Waals surface area contributed by atoms with Gasteiger partial charge in [-0.1, -0.05) is 30.3 Å². The standard InChI is InChI=1S/C19H19NO4/c21-18(20-16-10-15(11-16)19(22)23)14-6-8-17(9-7-14)24-12-13-4-2-1-3-5-13/h1-9,15-16H,10-12H2,(H,20,21)(H,22,23). The first-order chi connectivity index (χ1) is 11.6. The summed E-state index contributed by atoms with van der Waals surface area (Å²) in [6.45, 7) is 0.477. The molecule has 3 rings (SSSR count). The van der Waals surface area contributed by atoms with Crippen molar-refractivity contribution in [1.29, 1.82) is 0 Å². The van der Waals surface area contributed by atoms with E-state index in [0.717, 1.165) is 5.56 Å². The number of carbonyl (C=O) groups is 2. The van der Waals surface area contributed by atoms with Gasteiger partial charge in [-0.15, -0.1) is 0 Å². The predicted octanol–water partition coefficient (Wildman–Crippen LogP) is 2.86. The Morgan fingerprint density at radius 2 is 1.71 bits per heavy atom. The molecule has 0 aliphatic heterocycles. The molecule has 2 aromatic carbocycles. The highest BCUT2D eigenvalue weighted by atomic mass is 16.5. The Kier molecular flexibility index (Phi) is 4.79. The third-order valence-electron chi connectivity index (χ3n) is 4.19. The van der Waals surface area contributed by atoms with Crippen molar-refractivity contribution < 1.29 is 19.4 Å². The van der Waals surface area contributed by atoms with Gasteiger partial charge in [0.1, 0.15) is 12.4 Å². The van der Waals surface area contributed by atoms with Gasteiger partial charge in [-0.2, -0.15) is 0 Å². The zero-order chi connectivity index (χ0) is 16.9. The van der Waals surface area contributed by atoms with E-state index in [-0.39, 0.29) is 17.9 Å². The fourth-order valence-electron chi connectivity index (χ4n) is 2.65. The molecule has 5 heteroatoms. The molecule has 0 saturated heterocycles. The molecule has 0 unspecified atom stereocenters. The van der Waals surface area contributed by atoms with Crippen LogP contribution in [0.4, 0.5) is 0 Å². The quantitative estimate of drug-likeness (QED) is 0.856. The molecule has 0 spiro atoms. The Labute approximate surface area is 140 Å². The number of carbonyl (C=O) groups excluding carboxylic acids is 1. The molecule has 1 amide bonds. The molecule has 1 fully saturated rings. The molecule has 5 nitrogen and oxygen atoms in total. The predicted molar refractivity (Wildman–Crippen MR) is 88.8 cm³/mol. The maximum absolute atomic E-state index is 12.1. The number of amides is 1. The van der Waals surface area contributed by atoms with Crippen LogP contribution in [0.3, 0.4) is 0 Å². The van der Waals surface area contributed by atoms with Crippen LogP contribution in [0.1, 0.15) is 28.8 Å². The third-order valence-corrected chi connectivity index (χ3v) is 4.19. The number of nitrogens with one attached hydrogen (secondary N) is 1. The maximum atomic E-state index is 12.1. The number of rotatable bonds is 6. The largest absolute Gasteiger partial charge is 0.489 e. The molecular weight excluding hydrogens is 306 g/mol. The van der Waals surface area contributed by atoms with E-state index in [4.69, 9.17) is 9.84 Å². The summed E-state index contributed by atoms with van der Waals surface area (Å²) in [7, 11) is 0. The summed E-state index contributed by atoms with van der Waals surface area (Å²) in [4.78, 5) is 22.9. The van der Waals surface area contributed by atoms with Crippen LogP contribution in [0.5, 0.6) is 5.75 Å². The van der Waals surface area contributed by atoms with Gasteiger partial charge in [-0.25, -0.2) is 0 Å². The molecule has 24 heavy (non-hydrogen) atoms. The summed E-state index contributed by atoms with van der Waals surface area (Å²) < 4.78 is 5.68. The second-order valence-electron chi connectivity index (χ2n) is 5.98. The Balaban J connectivity index is 1.49. The minimum absolute atomic E-state index is 0.0485. The van der Waals surface area contributed by atoms with Gasteiger partial charge in [0.2, 0.25) is 0 Å². The average molecular weight is 325 g/mol. The summed E-state index contributed by atoms with van der Waals surface area (Å²) in [5, 5.41) is 11.7. The lowest BCUT2D eigenvalue weighted by Gasteiger charge is -2.32. The van der Waals surface area contributed by atoms with Crippen molar-refractivity contribution in [3.63, 3.8) is 0 Å². The molecule has 1 aliphatic rings. The molecule has 0 bridgehead atoms. The normalized spacial score (nSPS) is 19.2. The van der Waals surface area contributed by atoms with Gasteiger partial charge in [-0.05, 0) is 42.7 Å². The highest BCUT2D eigenvalue weighted by molar-refractivity contribution is 5.94.